The van der Waals surface area contributed by atoms with Gasteiger partial charge in [0.05, 0.1) is 6.61 Å². The lowest BCUT2D eigenvalue weighted by molar-refractivity contribution is 0.0548. The average Bonchev–Trinajstić information content (AvgIpc) is 2.64. The van der Waals surface area contributed by atoms with E-state index >= 15 is 0 Å². The second-order valence-electron chi connectivity index (χ2n) is 8.10. The smallest absolute Gasteiger partial charge is 0.0647 e. The van der Waals surface area contributed by atoms with Crippen LogP contribution in [0.2, 0.25) is 0 Å². The molecule has 0 aliphatic heterocycles. The highest BCUT2D eigenvalue weighted by Gasteiger charge is 2.30. The van der Waals surface area contributed by atoms with Crippen LogP contribution in [-0.4, -0.2) is 26.4 Å². The summed E-state index contributed by atoms with van der Waals surface area (Å²) in [6.45, 7) is 8.04. The predicted molar refractivity (Wildman–Crippen MR) is 102 cm³/mol. The van der Waals surface area contributed by atoms with Gasteiger partial charge in [0.2, 0.25) is 0 Å². The second-order valence-corrected chi connectivity index (χ2v) is 8.10. The molecule has 2 nitrogen and oxygen atoms in total. The first-order chi connectivity index (χ1) is 11.8. The number of hydrogen-bond donors (Lipinski definition) is 0. The lowest BCUT2D eigenvalue weighted by atomic mass is 9.69. The normalized spacial score (nSPS) is 31.6. The van der Waals surface area contributed by atoms with E-state index in [1.54, 1.807) is 0 Å². The van der Waals surface area contributed by atoms with E-state index in [4.69, 9.17) is 9.47 Å². The molecule has 0 bridgehead atoms. The molecular weight excluding hydrogens is 296 g/mol. The molecule has 2 fully saturated rings. The molecule has 0 radical (unpaired) electrons. The van der Waals surface area contributed by atoms with Gasteiger partial charge < -0.3 is 9.47 Å². The lowest BCUT2D eigenvalue weighted by Crippen LogP contribution is -2.28. The van der Waals surface area contributed by atoms with Crippen molar-refractivity contribution in [3.63, 3.8) is 0 Å². The molecule has 2 aliphatic rings. The molecule has 2 saturated carbocycles. The molecule has 0 aromatic carbocycles. The van der Waals surface area contributed by atoms with Crippen molar-refractivity contribution in [2.24, 2.45) is 23.7 Å². The molecule has 2 heteroatoms. The fourth-order valence-corrected chi connectivity index (χ4v) is 4.55. The summed E-state index contributed by atoms with van der Waals surface area (Å²) in [6, 6.07) is 0. The van der Waals surface area contributed by atoms with Crippen LogP contribution >= 0.6 is 0 Å². The highest BCUT2D eigenvalue weighted by molar-refractivity contribution is 4.82. The van der Waals surface area contributed by atoms with Crippen LogP contribution in [0.25, 0.3) is 0 Å². The zero-order valence-electron chi connectivity index (χ0n) is 16.2. The van der Waals surface area contributed by atoms with Gasteiger partial charge >= 0.3 is 0 Å². The maximum atomic E-state index is 5.84. The molecule has 0 heterocycles. The average molecular weight is 337 g/mol. The Labute approximate surface area is 150 Å². The Balaban J connectivity index is 1.55. The molecule has 140 valence electrons. The van der Waals surface area contributed by atoms with Gasteiger partial charge in [-0.15, -0.1) is 0 Å². The van der Waals surface area contributed by atoms with E-state index in [0.717, 1.165) is 50.1 Å². The van der Waals surface area contributed by atoms with Gasteiger partial charge in [0.15, 0.2) is 0 Å². The maximum Gasteiger partial charge on any atom is 0.0647 e. The predicted octanol–water partition coefficient (Wildman–Crippen LogP) is 6.01. The molecular formula is C22H40O2. The Morgan fingerprint density at radius 3 is 1.83 bits per heavy atom. The van der Waals surface area contributed by atoms with Crippen LogP contribution in [0.1, 0.15) is 78.1 Å². The first-order valence-corrected chi connectivity index (χ1v) is 10.6. The largest absolute Gasteiger partial charge is 0.381 e. The third-order valence-electron chi connectivity index (χ3n) is 6.25. The first-order valence-electron chi connectivity index (χ1n) is 10.6. The molecule has 0 N–H and O–H groups in total. The van der Waals surface area contributed by atoms with Gasteiger partial charge in [0.25, 0.3) is 0 Å². The van der Waals surface area contributed by atoms with Crippen molar-refractivity contribution in [3.05, 3.63) is 12.2 Å². The summed E-state index contributed by atoms with van der Waals surface area (Å²) in [6.07, 6.45) is 18.0. The van der Waals surface area contributed by atoms with Gasteiger partial charge in [-0.1, -0.05) is 25.5 Å². The Morgan fingerprint density at radius 2 is 1.33 bits per heavy atom. The lowest BCUT2D eigenvalue weighted by Gasteiger charge is -2.37. The van der Waals surface area contributed by atoms with Gasteiger partial charge in [-0.25, -0.2) is 0 Å². The van der Waals surface area contributed by atoms with E-state index in [-0.39, 0.29) is 0 Å². The Hall–Kier alpha value is -0.340. The van der Waals surface area contributed by atoms with Crippen LogP contribution in [0, 0.1) is 23.7 Å². The van der Waals surface area contributed by atoms with Gasteiger partial charge in [0.1, 0.15) is 0 Å². The molecule has 24 heavy (non-hydrogen) atoms. The summed E-state index contributed by atoms with van der Waals surface area (Å²) in [7, 11) is 0. The van der Waals surface area contributed by atoms with Crippen molar-refractivity contribution in [3.8, 4) is 0 Å². The highest BCUT2D eigenvalue weighted by Crippen LogP contribution is 2.41. The van der Waals surface area contributed by atoms with Gasteiger partial charge in [0, 0.05) is 19.8 Å². The number of unbranched alkanes of at least 4 members (excludes halogenated alkanes) is 1. The minimum Gasteiger partial charge on any atom is -0.381 e. The number of rotatable bonds is 10. The molecule has 0 atom stereocenters. The van der Waals surface area contributed by atoms with Crippen LogP contribution in [0.4, 0.5) is 0 Å². The van der Waals surface area contributed by atoms with E-state index in [9.17, 15) is 0 Å². The third kappa shape index (κ3) is 7.27. The van der Waals surface area contributed by atoms with Crippen molar-refractivity contribution >= 4 is 0 Å². The summed E-state index contributed by atoms with van der Waals surface area (Å²) < 4.78 is 11.6. The highest BCUT2D eigenvalue weighted by atomic mass is 16.5. The molecule has 0 aromatic rings. The second kappa shape index (κ2) is 12.1. The Bertz CT molecular complexity index is 323. The molecule has 0 aromatic heterocycles. The van der Waals surface area contributed by atoms with Crippen LogP contribution in [0.5, 0.6) is 0 Å². The fraction of sp³-hybridized carbons (Fsp3) is 0.909. The molecule has 0 saturated heterocycles. The van der Waals surface area contributed by atoms with Crippen molar-refractivity contribution in [2.75, 3.05) is 26.4 Å². The molecule has 2 aliphatic carbocycles. The van der Waals surface area contributed by atoms with E-state index in [2.05, 4.69) is 26.0 Å². The van der Waals surface area contributed by atoms with Crippen LogP contribution < -0.4 is 0 Å². The number of ether oxygens (including phenoxy) is 2. The summed E-state index contributed by atoms with van der Waals surface area (Å²) >= 11 is 0. The van der Waals surface area contributed by atoms with E-state index < -0.39 is 0 Å². The Kier molecular flexibility index (Phi) is 10.1. The van der Waals surface area contributed by atoms with Crippen LogP contribution in [0.3, 0.4) is 0 Å². The topological polar surface area (TPSA) is 18.5 Å². The van der Waals surface area contributed by atoms with E-state index in [1.165, 1.54) is 64.2 Å². The van der Waals surface area contributed by atoms with E-state index in [0.29, 0.717) is 0 Å². The minimum absolute atomic E-state index is 0.792. The fourth-order valence-electron chi connectivity index (χ4n) is 4.55. The number of hydrogen-bond acceptors (Lipinski definition) is 2. The van der Waals surface area contributed by atoms with Crippen molar-refractivity contribution in [1.82, 2.24) is 0 Å². The van der Waals surface area contributed by atoms with Gasteiger partial charge in [-0.2, -0.15) is 0 Å². The van der Waals surface area contributed by atoms with Gasteiger partial charge in [-0.05, 0) is 88.4 Å². The SMILES string of the molecule is C/C=C\COCC1CCC(C2CCC(COCCCC)CC2)CC1. The summed E-state index contributed by atoms with van der Waals surface area (Å²) in [5.41, 5.74) is 0. The van der Waals surface area contributed by atoms with Crippen molar-refractivity contribution < 1.29 is 9.47 Å². The molecule has 0 spiro atoms. The van der Waals surface area contributed by atoms with Crippen LogP contribution in [0.15, 0.2) is 12.2 Å². The van der Waals surface area contributed by atoms with E-state index in [1.807, 2.05) is 0 Å². The molecule has 0 amide bonds. The molecule has 2 rings (SSSR count). The Morgan fingerprint density at radius 1 is 0.792 bits per heavy atom. The standard InChI is InChI=1S/C22H40O2/c1-3-5-15-23-17-19-7-11-21(12-8-19)22-13-9-20(10-14-22)18-24-16-6-4-2/h3,5,19-22H,4,6-18H2,1-2H3/b5-3-. The summed E-state index contributed by atoms with van der Waals surface area (Å²) in [5.74, 6) is 3.66. The zero-order chi connectivity index (χ0) is 17.0. The maximum absolute atomic E-state index is 5.84. The quantitative estimate of drug-likeness (QED) is 0.359. The first kappa shape index (κ1) is 20.0. The minimum atomic E-state index is 0.792. The number of allylic oxidation sites excluding steroid dienone is 1. The van der Waals surface area contributed by atoms with Gasteiger partial charge in [-0.3, -0.25) is 0 Å². The summed E-state index contributed by atoms with van der Waals surface area (Å²) in [4.78, 5) is 0. The zero-order valence-corrected chi connectivity index (χ0v) is 16.2. The third-order valence-corrected chi connectivity index (χ3v) is 6.25. The van der Waals surface area contributed by atoms with Crippen molar-refractivity contribution in [1.29, 1.82) is 0 Å². The van der Waals surface area contributed by atoms with Crippen LogP contribution in [-0.2, 0) is 9.47 Å². The monoisotopic (exact) mass is 336 g/mol. The summed E-state index contributed by atoms with van der Waals surface area (Å²) in [5, 5.41) is 0. The van der Waals surface area contributed by atoms with Crippen molar-refractivity contribution in [2.45, 2.75) is 78.1 Å². The molecule has 0 unspecified atom stereocenters.